The summed E-state index contributed by atoms with van der Waals surface area (Å²) in [6.07, 6.45) is 1.56. The van der Waals surface area contributed by atoms with E-state index >= 15 is 0 Å². The van der Waals surface area contributed by atoms with Crippen LogP contribution in [0.5, 0.6) is 0 Å². The highest BCUT2D eigenvalue weighted by Crippen LogP contribution is 2.32. The van der Waals surface area contributed by atoms with Crippen molar-refractivity contribution in [3.63, 3.8) is 0 Å². The molecule has 4 rings (SSSR count). The molecule has 0 radical (unpaired) electrons. The van der Waals surface area contributed by atoms with Crippen LogP contribution >= 0.6 is 23.2 Å². The van der Waals surface area contributed by atoms with Gasteiger partial charge in [-0.05, 0) is 30.7 Å². The van der Waals surface area contributed by atoms with E-state index in [1.165, 1.54) is 6.07 Å². The standard InChI is InChI=1S/C19H14Cl2FN5/c1-10-11(4-2-7-15(10)22)18-25-16-17(23)24-9-27(19(16)26-18)8-12-13(20)5-3-6-14(12)21/h2-7,9H,8,23H2,1H3. The molecule has 0 unspecified atom stereocenters. The minimum absolute atomic E-state index is 0.249. The number of hydrogen-bond donors (Lipinski definition) is 1. The summed E-state index contributed by atoms with van der Waals surface area (Å²) in [6, 6.07) is 10.1. The predicted molar refractivity (Wildman–Crippen MR) is 105 cm³/mol. The van der Waals surface area contributed by atoms with E-state index in [2.05, 4.69) is 15.0 Å². The molecule has 8 heteroatoms. The Hall–Kier alpha value is -2.70. The van der Waals surface area contributed by atoms with E-state index in [0.29, 0.717) is 45.1 Å². The van der Waals surface area contributed by atoms with Gasteiger partial charge < -0.3 is 10.3 Å². The molecule has 2 N–H and O–H groups in total. The first-order valence-electron chi connectivity index (χ1n) is 8.12. The molecule has 2 aliphatic rings. The maximum atomic E-state index is 13.9. The molecule has 0 aromatic heterocycles. The van der Waals surface area contributed by atoms with Crippen LogP contribution in [0.25, 0.3) is 22.9 Å². The monoisotopic (exact) mass is 401 g/mol. The number of nitrogens with two attached hydrogens (primary N) is 1. The Balaban J connectivity index is 1.86. The predicted octanol–water partition coefficient (Wildman–Crippen LogP) is 4.83. The summed E-state index contributed by atoms with van der Waals surface area (Å²) in [5.41, 5.74) is 8.25. The van der Waals surface area contributed by atoms with E-state index in [1.54, 1.807) is 48.1 Å². The average Bonchev–Trinajstić information content (AvgIpc) is 3.08. The minimum atomic E-state index is -0.317. The van der Waals surface area contributed by atoms with E-state index in [0.717, 1.165) is 5.56 Å². The minimum Gasteiger partial charge on any atom is -0.382 e. The second-order valence-corrected chi connectivity index (χ2v) is 6.90. The molecule has 0 fully saturated rings. The largest absolute Gasteiger partial charge is 0.382 e. The Morgan fingerprint density at radius 2 is 1.78 bits per heavy atom. The average molecular weight is 402 g/mol. The lowest BCUT2D eigenvalue weighted by atomic mass is 10.1. The van der Waals surface area contributed by atoms with Crippen LogP contribution in [-0.4, -0.2) is 19.5 Å². The van der Waals surface area contributed by atoms with Crippen LogP contribution in [0.2, 0.25) is 10.0 Å². The van der Waals surface area contributed by atoms with Crippen LogP contribution in [0.15, 0.2) is 42.7 Å². The molecule has 136 valence electrons. The summed E-state index contributed by atoms with van der Waals surface area (Å²) in [4.78, 5) is 13.2. The number of nitrogen functional groups attached to an aromatic ring is 1. The van der Waals surface area contributed by atoms with Crippen molar-refractivity contribution in [1.29, 1.82) is 0 Å². The Morgan fingerprint density at radius 1 is 1.07 bits per heavy atom. The van der Waals surface area contributed by atoms with E-state index < -0.39 is 0 Å². The van der Waals surface area contributed by atoms with E-state index in [1.807, 2.05) is 0 Å². The van der Waals surface area contributed by atoms with Gasteiger partial charge >= 0.3 is 0 Å². The van der Waals surface area contributed by atoms with Gasteiger partial charge in [0.1, 0.15) is 5.82 Å². The van der Waals surface area contributed by atoms with Crippen LogP contribution in [0.1, 0.15) is 11.1 Å². The van der Waals surface area contributed by atoms with E-state index in [-0.39, 0.29) is 11.6 Å². The van der Waals surface area contributed by atoms with Gasteiger partial charge in [-0.3, -0.25) is 0 Å². The van der Waals surface area contributed by atoms with Gasteiger partial charge in [-0.25, -0.2) is 19.3 Å². The third kappa shape index (κ3) is 3.11. The fraction of sp³-hybridized carbons (Fsp3) is 0.105. The number of rotatable bonds is 3. The first-order chi connectivity index (χ1) is 13.0. The molecule has 2 aromatic rings. The first-order valence-corrected chi connectivity index (χ1v) is 8.88. The third-order valence-electron chi connectivity index (χ3n) is 4.39. The maximum Gasteiger partial charge on any atom is 0.166 e. The van der Waals surface area contributed by atoms with Gasteiger partial charge in [-0.2, -0.15) is 0 Å². The normalized spacial score (nSPS) is 11.3. The number of hydrogen-bond acceptors (Lipinski definition) is 4. The van der Waals surface area contributed by atoms with Crippen molar-refractivity contribution in [2.75, 3.05) is 5.73 Å². The second kappa shape index (κ2) is 6.79. The summed E-state index contributed by atoms with van der Waals surface area (Å²) in [5.74, 6) is 0.848. The number of imidazole rings is 1. The zero-order valence-electron chi connectivity index (χ0n) is 14.2. The van der Waals surface area contributed by atoms with Crippen molar-refractivity contribution >= 4 is 29.0 Å². The van der Waals surface area contributed by atoms with Crippen LogP contribution in [0.3, 0.4) is 0 Å². The van der Waals surface area contributed by atoms with Crippen LogP contribution in [0.4, 0.5) is 10.2 Å². The third-order valence-corrected chi connectivity index (χ3v) is 5.10. The molecule has 0 spiro atoms. The summed E-state index contributed by atoms with van der Waals surface area (Å²) < 4.78 is 15.7. The Bertz CT molecular complexity index is 1110. The first kappa shape index (κ1) is 17.7. The molecule has 2 aliphatic heterocycles. The highest BCUT2D eigenvalue weighted by Gasteiger charge is 2.22. The van der Waals surface area contributed by atoms with Crippen molar-refractivity contribution in [3.05, 3.63) is 69.7 Å². The highest BCUT2D eigenvalue weighted by atomic mass is 35.5. The number of anilines is 1. The van der Waals surface area contributed by atoms with Crippen molar-refractivity contribution < 1.29 is 4.39 Å². The number of fused-ring (bicyclic) bond motifs is 1. The van der Waals surface area contributed by atoms with Gasteiger partial charge in [-0.15, -0.1) is 0 Å². The molecule has 2 heterocycles. The van der Waals surface area contributed by atoms with Gasteiger partial charge in [0.25, 0.3) is 0 Å². The summed E-state index contributed by atoms with van der Waals surface area (Å²) in [6.45, 7) is 2.04. The van der Waals surface area contributed by atoms with Gasteiger partial charge in [0.2, 0.25) is 0 Å². The molecular weight excluding hydrogens is 388 g/mol. The van der Waals surface area contributed by atoms with Crippen LogP contribution in [-0.2, 0) is 6.54 Å². The number of benzene rings is 2. The smallest absolute Gasteiger partial charge is 0.166 e. The van der Waals surface area contributed by atoms with Crippen molar-refractivity contribution in [2.24, 2.45) is 0 Å². The Kier molecular flexibility index (Phi) is 4.45. The fourth-order valence-electron chi connectivity index (χ4n) is 2.89. The van der Waals surface area contributed by atoms with Crippen molar-refractivity contribution in [3.8, 4) is 22.9 Å². The SMILES string of the molecule is Cc1c(F)cccc1-c1nc2c(N)ncn(Cc3c(Cl)cccc3Cl)c-2n1. The summed E-state index contributed by atoms with van der Waals surface area (Å²) in [7, 11) is 0. The summed E-state index contributed by atoms with van der Waals surface area (Å²) in [5, 5.41) is 1.08. The summed E-state index contributed by atoms with van der Waals surface area (Å²) >= 11 is 12.6. The molecule has 27 heavy (non-hydrogen) atoms. The Morgan fingerprint density at radius 3 is 2.52 bits per heavy atom. The van der Waals surface area contributed by atoms with Crippen molar-refractivity contribution in [2.45, 2.75) is 13.5 Å². The maximum absolute atomic E-state index is 13.9. The van der Waals surface area contributed by atoms with Gasteiger partial charge in [0.05, 0.1) is 12.9 Å². The highest BCUT2D eigenvalue weighted by molar-refractivity contribution is 6.36. The topological polar surface area (TPSA) is 69.6 Å². The molecule has 0 saturated carbocycles. The lowest BCUT2D eigenvalue weighted by Gasteiger charge is -2.13. The van der Waals surface area contributed by atoms with E-state index in [9.17, 15) is 4.39 Å². The van der Waals surface area contributed by atoms with Crippen LogP contribution < -0.4 is 5.73 Å². The number of nitrogens with zero attached hydrogens (tertiary/aromatic N) is 4. The zero-order valence-corrected chi connectivity index (χ0v) is 15.8. The lowest BCUT2D eigenvalue weighted by molar-refractivity contribution is 0.619. The van der Waals surface area contributed by atoms with Crippen LogP contribution in [0, 0.1) is 12.7 Å². The zero-order chi connectivity index (χ0) is 19.1. The molecule has 2 aromatic carbocycles. The van der Waals surface area contributed by atoms with Gasteiger partial charge in [-0.1, -0.05) is 41.4 Å². The Labute approximate surface area is 165 Å². The quantitative estimate of drug-likeness (QED) is 0.533. The van der Waals surface area contributed by atoms with Gasteiger partial charge in [0.15, 0.2) is 23.2 Å². The van der Waals surface area contributed by atoms with Gasteiger partial charge in [0, 0.05) is 21.2 Å². The molecule has 0 bridgehead atoms. The molecule has 0 amide bonds. The molecule has 0 saturated heterocycles. The number of halogens is 3. The molecule has 0 atom stereocenters. The van der Waals surface area contributed by atoms with E-state index in [4.69, 9.17) is 28.9 Å². The van der Waals surface area contributed by atoms with Crippen molar-refractivity contribution in [1.82, 2.24) is 19.5 Å². The molecular formula is C19H14Cl2FN5. The fourth-order valence-corrected chi connectivity index (χ4v) is 3.41. The number of aromatic nitrogens is 4. The molecule has 0 aliphatic carbocycles. The lowest BCUT2D eigenvalue weighted by Crippen LogP contribution is -2.09. The molecule has 5 nitrogen and oxygen atoms in total. The second-order valence-electron chi connectivity index (χ2n) is 6.09.